The van der Waals surface area contributed by atoms with E-state index in [0.29, 0.717) is 12.3 Å². The van der Waals surface area contributed by atoms with Crippen LogP contribution in [0.4, 0.5) is 0 Å². The average molecular weight is 461 g/mol. The van der Waals surface area contributed by atoms with Crippen LogP contribution < -0.4 is 10.1 Å². The molecule has 156 valence electrons. The summed E-state index contributed by atoms with van der Waals surface area (Å²) in [6.07, 6.45) is 0.828. The van der Waals surface area contributed by atoms with E-state index in [-0.39, 0.29) is 24.5 Å². The number of nitrogens with one attached hydrogen (secondary N) is 1. The van der Waals surface area contributed by atoms with Crippen LogP contribution in [0.1, 0.15) is 38.3 Å². The van der Waals surface area contributed by atoms with Gasteiger partial charge in [-0.2, -0.15) is 0 Å². The summed E-state index contributed by atoms with van der Waals surface area (Å²) in [4.78, 5) is 27.2. The fraction of sp³-hybridized carbons (Fsp3) is 0.391. The molecule has 2 aromatic rings. The molecule has 6 heteroatoms. The third-order valence-electron chi connectivity index (χ3n) is 4.76. The van der Waals surface area contributed by atoms with Gasteiger partial charge in [0.05, 0.1) is 0 Å². The van der Waals surface area contributed by atoms with Crippen LogP contribution in [0.2, 0.25) is 0 Å². The summed E-state index contributed by atoms with van der Waals surface area (Å²) in [5, 5.41) is 2.96. The van der Waals surface area contributed by atoms with Crippen molar-refractivity contribution in [3.63, 3.8) is 0 Å². The van der Waals surface area contributed by atoms with E-state index in [0.717, 1.165) is 22.0 Å². The van der Waals surface area contributed by atoms with E-state index >= 15 is 0 Å². The first kappa shape index (κ1) is 22.9. The molecule has 0 bridgehead atoms. The van der Waals surface area contributed by atoms with Crippen LogP contribution in [0.25, 0.3) is 0 Å². The van der Waals surface area contributed by atoms with Crippen LogP contribution in [0, 0.1) is 6.92 Å². The molecule has 0 aromatic heterocycles. The lowest BCUT2D eigenvalue weighted by Crippen LogP contribution is -2.50. The Morgan fingerprint density at radius 3 is 2.52 bits per heavy atom. The normalized spacial score (nSPS) is 12.7. The molecule has 2 rings (SSSR count). The van der Waals surface area contributed by atoms with Crippen molar-refractivity contribution in [3.8, 4) is 5.75 Å². The molecule has 2 aromatic carbocycles. The van der Waals surface area contributed by atoms with Crippen molar-refractivity contribution >= 4 is 27.7 Å². The van der Waals surface area contributed by atoms with Crippen molar-refractivity contribution in [3.05, 3.63) is 64.1 Å². The number of halogens is 1. The minimum atomic E-state index is -0.614. The Bertz CT molecular complexity index is 840. The Kier molecular flexibility index (Phi) is 8.70. The molecule has 0 aliphatic rings. The third kappa shape index (κ3) is 7.20. The van der Waals surface area contributed by atoms with E-state index in [1.54, 1.807) is 11.8 Å². The number of carbonyl (C=O) groups is 2. The predicted molar refractivity (Wildman–Crippen MR) is 119 cm³/mol. The van der Waals surface area contributed by atoms with Crippen molar-refractivity contribution < 1.29 is 14.3 Å². The zero-order valence-corrected chi connectivity index (χ0v) is 19.0. The molecule has 0 unspecified atom stereocenters. The van der Waals surface area contributed by atoms with Gasteiger partial charge in [0, 0.05) is 17.1 Å². The molecule has 2 atom stereocenters. The lowest BCUT2D eigenvalue weighted by molar-refractivity contribution is -0.142. The monoisotopic (exact) mass is 460 g/mol. The number of nitrogens with zero attached hydrogens (tertiary/aromatic N) is 1. The standard InChI is InChI=1S/C23H29BrN2O3/c1-5-17(3)25-23(28)18(4)26(14-19-9-7-10-20(24)13-19)22(27)15-29-21-11-6-8-16(2)12-21/h6-13,17-18H,5,14-15H2,1-4H3,(H,25,28)/t17-,18-/m0/s1. The molecule has 0 fully saturated rings. The zero-order chi connectivity index (χ0) is 21.4. The van der Waals surface area contributed by atoms with Gasteiger partial charge in [-0.05, 0) is 62.6 Å². The molecule has 0 saturated carbocycles. The summed E-state index contributed by atoms with van der Waals surface area (Å²) in [6, 6.07) is 14.7. The van der Waals surface area contributed by atoms with E-state index in [9.17, 15) is 9.59 Å². The number of aryl methyl sites for hydroxylation is 1. The molecule has 2 amide bonds. The van der Waals surface area contributed by atoms with Gasteiger partial charge in [-0.1, -0.05) is 47.1 Å². The maximum Gasteiger partial charge on any atom is 0.261 e. The number of rotatable bonds is 9. The number of benzene rings is 2. The van der Waals surface area contributed by atoms with Crippen LogP contribution >= 0.6 is 15.9 Å². The highest BCUT2D eigenvalue weighted by molar-refractivity contribution is 9.10. The minimum Gasteiger partial charge on any atom is -0.484 e. The lowest BCUT2D eigenvalue weighted by Gasteiger charge is -2.29. The van der Waals surface area contributed by atoms with Crippen LogP contribution in [-0.4, -0.2) is 35.4 Å². The quantitative estimate of drug-likeness (QED) is 0.600. The molecular formula is C23H29BrN2O3. The molecule has 0 aliphatic carbocycles. The Morgan fingerprint density at radius 2 is 1.86 bits per heavy atom. The Labute approximate surface area is 181 Å². The van der Waals surface area contributed by atoms with Crippen LogP contribution in [0.5, 0.6) is 5.75 Å². The van der Waals surface area contributed by atoms with Crippen molar-refractivity contribution in [1.29, 1.82) is 0 Å². The molecule has 1 N–H and O–H groups in total. The fourth-order valence-electron chi connectivity index (χ4n) is 2.81. The smallest absolute Gasteiger partial charge is 0.261 e. The molecule has 0 radical (unpaired) electrons. The molecule has 5 nitrogen and oxygen atoms in total. The number of amides is 2. The largest absolute Gasteiger partial charge is 0.484 e. The average Bonchev–Trinajstić information content (AvgIpc) is 2.69. The summed E-state index contributed by atoms with van der Waals surface area (Å²) < 4.78 is 6.62. The SMILES string of the molecule is CC[C@H](C)NC(=O)[C@H](C)N(Cc1cccc(Br)c1)C(=O)COc1cccc(C)c1. The van der Waals surface area contributed by atoms with Gasteiger partial charge in [-0.3, -0.25) is 9.59 Å². The number of ether oxygens (including phenoxy) is 1. The van der Waals surface area contributed by atoms with Gasteiger partial charge in [0.25, 0.3) is 5.91 Å². The fourth-order valence-corrected chi connectivity index (χ4v) is 3.26. The van der Waals surface area contributed by atoms with Gasteiger partial charge in [-0.15, -0.1) is 0 Å². The summed E-state index contributed by atoms with van der Waals surface area (Å²) in [6.45, 7) is 7.88. The zero-order valence-electron chi connectivity index (χ0n) is 17.4. The topological polar surface area (TPSA) is 58.6 Å². The number of carbonyl (C=O) groups excluding carboxylic acids is 2. The maximum atomic E-state index is 13.0. The first-order valence-electron chi connectivity index (χ1n) is 9.84. The van der Waals surface area contributed by atoms with Gasteiger partial charge in [0.1, 0.15) is 11.8 Å². The van der Waals surface area contributed by atoms with E-state index < -0.39 is 6.04 Å². The Hall–Kier alpha value is -2.34. The van der Waals surface area contributed by atoms with Gasteiger partial charge in [0.15, 0.2) is 6.61 Å². The van der Waals surface area contributed by atoms with E-state index in [1.807, 2.05) is 69.3 Å². The van der Waals surface area contributed by atoms with Crippen LogP contribution in [0.3, 0.4) is 0 Å². The molecular weight excluding hydrogens is 432 g/mol. The van der Waals surface area contributed by atoms with Gasteiger partial charge >= 0.3 is 0 Å². The van der Waals surface area contributed by atoms with E-state index in [4.69, 9.17) is 4.74 Å². The van der Waals surface area contributed by atoms with E-state index in [2.05, 4.69) is 21.2 Å². The van der Waals surface area contributed by atoms with Crippen molar-refractivity contribution in [1.82, 2.24) is 10.2 Å². The Balaban J connectivity index is 2.15. The summed E-state index contributed by atoms with van der Waals surface area (Å²) in [5.74, 6) is 0.231. The van der Waals surface area contributed by atoms with Gasteiger partial charge in [-0.25, -0.2) is 0 Å². The van der Waals surface area contributed by atoms with E-state index in [1.165, 1.54) is 0 Å². The van der Waals surface area contributed by atoms with Crippen LogP contribution in [-0.2, 0) is 16.1 Å². The van der Waals surface area contributed by atoms with Crippen LogP contribution in [0.15, 0.2) is 53.0 Å². The molecule has 29 heavy (non-hydrogen) atoms. The number of hydrogen-bond acceptors (Lipinski definition) is 3. The Morgan fingerprint density at radius 1 is 1.14 bits per heavy atom. The first-order valence-corrected chi connectivity index (χ1v) is 10.6. The van der Waals surface area contributed by atoms with Gasteiger partial charge in [0.2, 0.25) is 5.91 Å². The second kappa shape index (κ2) is 11.0. The molecule has 0 saturated heterocycles. The highest BCUT2D eigenvalue weighted by Gasteiger charge is 2.27. The van der Waals surface area contributed by atoms with Crippen molar-refractivity contribution in [2.45, 2.75) is 52.7 Å². The summed E-state index contributed by atoms with van der Waals surface area (Å²) in [7, 11) is 0. The predicted octanol–water partition coefficient (Wildman–Crippen LogP) is 4.47. The second-order valence-electron chi connectivity index (χ2n) is 7.25. The summed E-state index contributed by atoms with van der Waals surface area (Å²) >= 11 is 3.46. The second-order valence-corrected chi connectivity index (χ2v) is 8.17. The number of hydrogen-bond donors (Lipinski definition) is 1. The lowest BCUT2D eigenvalue weighted by atomic mass is 10.1. The molecule has 0 spiro atoms. The third-order valence-corrected chi connectivity index (χ3v) is 5.26. The minimum absolute atomic E-state index is 0.0521. The molecule has 0 aliphatic heterocycles. The van der Waals surface area contributed by atoms with Gasteiger partial charge < -0.3 is 15.0 Å². The highest BCUT2D eigenvalue weighted by atomic mass is 79.9. The summed E-state index contributed by atoms with van der Waals surface area (Å²) in [5.41, 5.74) is 1.99. The van der Waals surface area contributed by atoms with Crippen molar-refractivity contribution in [2.24, 2.45) is 0 Å². The maximum absolute atomic E-state index is 13.0. The highest BCUT2D eigenvalue weighted by Crippen LogP contribution is 2.17. The first-order chi connectivity index (χ1) is 13.8. The molecule has 0 heterocycles. The van der Waals surface area contributed by atoms with Crippen molar-refractivity contribution in [2.75, 3.05) is 6.61 Å².